The summed E-state index contributed by atoms with van der Waals surface area (Å²) in [6.45, 7) is 11.5. The molecule has 0 bridgehead atoms. The summed E-state index contributed by atoms with van der Waals surface area (Å²) in [4.78, 5) is 0. The Kier molecular flexibility index (Phi) is 6.12. The van der Waals surface area contributed by atoms with Gasteiger partial charge < -0.3 is 0 Å². The van der Waals surface area contributed by atoms with E-state index in [1.54, 1.807) is 0 Å². The monoisotopic (exact) mass is 174 g/mol. The van der Waals surface area contributed by atoms with Crippen molar-refractivity contribution in [3.63, 3.8) is 0 Å². The maximum atomic E-state index is 2.33. The third kappa shape index (κ3) is 5.60. The molecule has 0 saturated heterocycles. The van der Waals surface area contributed by atoms with E-state index in [9.17, 15) is 0 Å². The lowest BCUT2D eigenvalue weighted by molar-refractivity contribution is 0.490. The van der Waals surface area contributed by atoms with Gasteiger partial charge >= 0.3 is 0 Å². The normalized spacial score (nSPS) is 14.5. The van der Waals surface area contributed by atoms with Crippen LogP contribution < -0.4 is 0 Å². The fourth-order valence-corrected chi connectivity index (χ4v) is 2.55. The molecule has 0 spiro atoms. The maximum absolute atomic E-state index is 2.33. The second-order valence-corrected chi connectivity index (χ2v) is 5.38. The average molecular weight is 174 g/mol. The Labute approximate surface area is 76.1 Å². The zero-order valence-corrected chi connectivity index (χ0v) is 9.37. The summed E-state index contributed by atoms with van der Waals surface area (Å²) in [6, 6.07) is 0. The van der Waals surface area contributed by atoms with Crippen molar-refractivity contribution in [2.24, 2.45) is 11.8 Å². The molecule has 0 amide bonds. The Morgan fingerprint density at radius 1 is 1.09 bits per heavy atom. The van der Waals surface area contributed by atoms with E-state index in [0.717, 1.165) is 17.1 Å². The standard InChI is InChI=1S/C10H22S/c1-6-11-10(9(4)5)7-8(2)3/h8-10H,6-7H2,1-5H3. The predicted octanol–water partition coefficient (Wildman–Crippen LogP) is 3.81. The third-order valence-electron chi connectivity index (χ3n) is 1.83. The highest BCUT2D eigenvalue weighted by molar-refractivity contribution is 7.99. The van der Waals surface area contributed by atoms with Crippen molar-refractivity contribution < 1.29 is 0 Å². The Hall–Kier alpha value is 0.350. The molecule has 0 aromatic heterocycles. The van der Waals surface area contributed by atoms with Gasteiger partial charge in [0.1, 0.15) is 0 Å². The van der Waals surface area contributed by atoms with Crippen LogP contribution in [-0.2, 0) is 0 Å². The van der Waals surface area contributed by atoms with Crippen molar-refractivity contribution in [1.82, 2.24) is 0 Å². The first-order valence-electron chi connectivity index (χ1n) is 4.69. The van der Waals surface area contributed by atoms with Crippen molar-refractivity contribution in [1.29, 1.82) is 0 Å². The molecule has 1 heteroatoms. The van der Waals surface area contributed by atoms with E-state index < -0.39 is 0 Å². The van der Waals surface area contributed by atoms with Gasteiger partial charge in [-0.25, -0.2) is 0 Å². The molecule has 0 fully saturated rings. The van der Waals surface area contributed by atoms with Crippen LogP contribution in [0.15, 0.2) is 0 Å². The molecule has 0 aromatic rings. The lowest BCUT2D eigenvalue weighted by Crippen LogP contribution is -2.14. The highest BCUT2D eigenvalue weighted by atomic mass is 32.2. The molecule has 0 radical (unpaired) electrons. The molecule has 0 rings (SSSR count). The minimum absolute atomic E-state index is 0.836. The van der Waals surface area contributed by atoms with Crippen LogP contribution in [0, 0.1) is 11.8 Å². The molecular weight excluding hydrogens is 152 g/mol. The Bertz CT molecular complexity index is 86.9. The van der Waals surface area contributed by atoms with Gasteiger partial charge in [0.2, 0.25) is 0 Å². The zero-order chi connectivity index (χ0) is 8.85. The molecule has 0 aromatic carbocycles. The second kappa shape index (κ2) is 5.93. The minimum Gasteiger partial charge on any atom is -0.159 e. The first kappa shape index (κ1) is 11.4. The van der Waals surface area contributed by atoms with E-state index >= 15 is 0 Å². The zero-order valence-electron chi connectivity index (χ0n) is 8.55. The fraction of sp³-hybridized carbons (Fsp3) is 1.00. The van der Waals surface area contributed by atoms with Crippen molar-refractivity contribution in [3.05, 3.63) is 0 Å². The van der Waals surface area contributed by atoms with Crippen molar-refractivity contribution in [3.8, 4) is 0 Å². The molecule has 1 unspecified atom stereocenters. The quantitative estimate of drug-likeness (QED) is 0.611. The van der Waals surface area contributed by atoms with Crippen LogP contribution in [0.25, 0.3) is 0 Å². The molecule has 1 atom stereocenters. The van der Waals surface area contributed by atoms with Gasteiger partial charge in [0.25, 0.3) is 0 Å². The van der Waals surface area contributed by atoms with Crippen LogP contribution in [0.5, 0.6) is 0 Å². The molecule has 0 nitrogen and oxygen atoms in total. The number of hydrogen-bond acceptors (Lipinski definition) is 1. The highest BCUT2D eigenvalue weighted by Gasteiger charge is 2.13. The van der Waals surface area contributed by atoms with Gasteiger partial charge in [0.05, 0.1) is 0 Å². The van der Waals surface area contributed by atoms with Crippen molar-refractivity contribution in [2.75, 3.05) is 5.75 Å². The van der Waals surface area contributed by atoms with Crippen LogP contribution in [-0.4, -0.2) is 11.0 Å². The molecule has 0 heterocycles. The van der Waals surface area contributed by atoms with E-state index in [-0.39, 0.29) is 0 Å². The molecule has 0 aliphatic heterocycles. The van der Waals surface area contributed by atoms with Gasteiger partial charge in [0, 0.05) is 5.25 Å². The molecule has 0 aliphatic carbocycles. The number of thioether (sulfide) groups is 1. The number of hydrogen-bond donors (Lipinski definition) is 0. The minimum atomic E-state index is 0.836. The number of rotatable bonds is 5. The summed E-state index contributed by atoms with van der Waals surface area (Å²) >= 11 is 2.11. The molecular formula is C10H22S. The van der Waals surface area contributed by atoms with Crippen LogP contribution in [0.2, 0.25) is 0 Å². The fourth-order valence-electron chi connectivity index (χ4n) is 1.21. The molecule has 11 heavy (non-hydrogen) atoms. The SMILES string of the molecule is CCSC(CC(C)C)C(C)C. The van der Waals surface area contributed by atoms with Crippen LogP contribution >= 0.6 is 11.8 Å². The third-order valence-corrected chi connectivity index (χ3v) is 3.33. The van der Waals surface area contributed by atoms with E-state index in [0.29, 0.717) is 0 Å². The second-order valence-electron chi connectivity index (χ2n) is 3.87. The predicted molar refractivity (Wildman–Crippen MR) is 56.2 cm³/mol. The van der Waals surface area contributed by atoms with Crippen molar-refractivity contribution >= 4 is 11.8 Å². The van der Waals surface area contributed by atoms with Gasteiger partial charge in [-0.05, 0) is 24.0 Å². The van der Waals surface area contributed by atoms with Crippen LogP contribution in [0.1, 0.15) is 41.0 Å². The highest BCUT2D eigenvalue weighted by Crippen LogP contribution is 2.25. The van der Waals surface area contributed by atoms with Crippen LogP contribution in [0.4, 0.5) is 0 Å². The van der Waals surface area contributed by atoms with Gasteiger partial charge in [-0.1, -0.05) is 34.6 Å². The summed E-state index contributed by atoms with van der Waals surface area (Å²) in [5.74, 6) is 2.94. The summed E-state index contributed by atoms with van der Waals surface area (Å²) < 4.78 is 0. The maximum Gasteiger partial charge on any atom is 0.00723 e. The lowest BCUT2D eigenvalue weighted by Gasteiger charge is -2.21. The van der Waals surface area contributed by atoms with Gasteiger partial charge in [-0.15, -0.1) is 0 Å². The Morgan fingerprint density at radius 2 is 1.64 bits per heavy atom. The van der Waals surface area contributed by atoms with Gasteiger partial charge in [-0.2, -0.15) is 11.8 Å². The van der Waals surface area contributed by atoms with Crippen molar-refractivity contribution in [2.45, 2.75) is 46.3 Å². The molecule has 68 valence electrons. The topological polar surface area (TPSA) is 0 Å². The first-order valence-corrected chi connectivity index (χ1v) is 5.74. The molecule has 0 N–H and O–H groups in total. The van der Waals surface area contributed by atoms with Crippen LogP contribution in [0.3, 0.4) is 0 Å². The molecule has 0 saturated carbocycles. The lowest BCUT2D eigenvalue weighted by atomic mass is 10.0. The Morgan fingerprint density at radius 3 is 1.91 bits per heavy atom. The Balaban J connectivity index is 3.69. The summed E-state index contributed by atoms with van der Waals surface area (Å²) in [5, 5.41) is 0.875. The summed E-state index contributed by atoms with van der Waals surface area (Å²) in [6.07, 6.45) is 1.37. The molecule has 0 aliphatic rings. The van der Waals surface area contributed by atoms with E-state index in [4.69, 9.17) is 0 Å². The smallest absolute Gasteiger partial charge is 0.00723 e. The largest absolute Gasteiger partial charge is 0.159 e. The average Bonchev–Trinajstić information content (AvgIpc) is 1.86. The summed E-state index contributed by atoms with van der Waals surface area (Å²) in [5.41, 5.74) is 0. The van der Waals surface area contributed by atoms with Gasteiger partial charge in [0.15, 0.2) is 0 Å². The van der Waals surface area contributed by atoms with E-state index in [1.165, 1.54) is 12.2 Å². The summed E-state index contributed by atoms with van der Waals surface area (Å²) in [7, 11) is 0. The van der Waals surface area contributed by atoms with Gasteiger partial charge in [-0.3, -0.25) is 0 Å². The van der Waals surface area contributed by atoms with E-state index in [2.05, 4.69) is 46.4 Å². The van der Waals surface area contributed by atoms with E-state index in [1.807, 2.05) is 0 Å². The first-order chi connectivity index (χ1) is 5.07.